The molecule has 1 N–H and O–H groups in total. The van der Waals surface area contributed by atoms with Gasteiger partial charge in [0.05, 0.1) is 15.6 Å². The molecule has 1 amide bonds. The van der Waals surface area contributed by atoms with E-state index in [2.05, 4.69) is 10.3 Å². The van der Waals surface area contributed by atoms with E-state index in [-0.39, 0.29) is 10.8 Å². The molecule has 0 spiro atoms. The topological polar surface area (TPSA) is 68.3 Å². The third kappa shape index (κ3) is 4.19. The second kappa shape index (κ2) is 7.09. The van der Waals surface area contributed by atoms with Crippen LogP contribution in [0.3, 0.4) is 0 Å². The number of pyridine rings is 1. The number of halogens is 2. The number of hydrogen-bond acceptors (Lipinski definition) is 5. The number of aromatic nitrogens is 1. The fourth-order valence-corrected chi connectivity index (χ4v) is 3.06. The first-order valence-electron chi connectivity index (χ1n) is 6.22. The largest absolute Gasteiger partial charge is 0.452 e. The molecule has 0 unspecified atom stereocenters. The summed E-state index contributed by atoms with van der Waals surface area (Å²) in [6, 6.07) is 3.19. The van der Waals surface area contributed by atoms with Crippen molar-refractivity contribution in [3.8, 4) is 0 Å². The number of rotatable bonds is 4. The van der Waals surface area contributed by atoms with Gasteiger partial charge >= 0.3 is 5.97 Å². The highest BCUT2D eigenvalue weighted by atomic mass is 35.5. The summed E-state index contributed by atoms with van der Waals surface area (Å²) in [4.78, 5) is 29.4. The molecule has 5 nitrogen and oxygen atoms in total. The highest BCUT2D eigenvalue weighted by molar-refractivity contribution is 7.12. The number of anilines is 1. The van der Waals surface area contributed by atoms with Crippen LogP contribution in [0.4, 0.5) is 5.82 Å². The van der Waals surface area contributed by atoms with E-state index in [0.717, 1.165) is 9.75 Å². The number of carbonyl (C=O) groups is 2. The molecule has 0 saturated carbocycles. The normalized spacial score (nSPS) is 10.4. The first-order valence-corrected chi connectivity index (χ1v) is 7.79. The first-order chi connectivity index (χ1) is 10.4. The summed E-state index contributed by atoms with van der Waals surface area (Å²) in [5.41, 5.74) is 0.470. The Balaban J connectivity index is 1.92. The lowest BCUT2D eigenvalue weighted by atomic mass is 10.2. The molecule has 0 aliphatic rings. The molecule has 0 aliphatic carbocycles. The van der Waals surface area contributed by atoms with Crippen molar-refractivity contribution < 1.29 is 14.3 Å². The monoisotopic (exact) mass is 358 g/mol. The lowest BCUT2D eigenvalue weighted by molar-refractivity contribution is -0.119. The summed E-state index contributed by atoms with van der Waals surface area (Å²) in [7, 11) is 0. The Bertz CT molecular complexity index is 731. The minimum Gasteiger partial charge on any atom is -0.452 e. The van der Waals surface area contributed by atoms with Gasteiger partial charge < -0.3 is 10.1 Å². The van der Waals surface area contributed by atoms with Gasteiger partial charge in [-0.2, -0.15) is 0 Å². The van der Waals surface area contributed by atoms with Crippen molar-refractivity contribution in [3.05, 3.63) is 43.7 Å². The van der Waals surface area contributed by atoms with Crippen LogP contribution >= 0.6 is 34.5 Å². The van der Waals surface area contributed by atoms with Crippen molar-refractivity contribution >= 4 is 52.2 Å². The Hall–Kier alpha value is -1.63. The smallest absolute Gasteiger partial charge is 0.339 e. The molecule has 0 radical (unpaired) electrons. The van der Waals surface area contributed by atoms with Gasteiger partial charge in [-0.15, -0.1) is 11.3 Å². The second-order valence-electron chi connectivity index (χ2n) is 4.44. The summed E-state index contributed by atoms with van der Waals surface area (Å²) in [5.74, 6) is -0.906. The van der Waals surface area contributed by atoms with Gasteiger partial charge in [-0.1, -0.05) is 23.2 Å². The Morgan fingerprint density at radius 1 is 1.32 bits per heavy atom. The molecule has 0 fully saturated rings. The van der Waals surface area contributed by atoms with E-state index in [4.69, 9.17) is 27.9 Å². The molecule has 0 aliphatic heterocycles. The van der Waals surface area contributed by atoms with Crippen LogP contribution in [0.25, 0.3) is 0 Å². The number of ether oxygens (including phenoxy) is 1. The minimum absolute atomic E-state index is 0.162. The van der Waals surface area contributed by atoms with Crippen molar-refractivity contribution in [1.29, 1.82) is 0 Å². The Labute approximate surface area is 141 Å². The fraction of sp³-hybridized carbons (Fsp3) is 0.214. The number of thiophene rings is 1. The number of nitrogens with zero attached hydrogens (tertiary/aromatic N) is 1. The Morgan fingerprint density at radius 3 is 2.64 bits per heavy atom. The van der Waals surface area contributed by atoms with Crippen molar-refractivity contribution in [1.82, 2.24) is 4.98 Å². The zero-order chi connectivity index (χ0) is 16.3. The maximum Gasteiger partial charge on any atom is 0.339 e. The molecule has 2 aromatic rings. The summed E-state index contributed by atoms with van der Waals surface area (Å²) in [6.07, 6.45) is 1.35. The van der Waals surface area contributed by atoms with Crippen molar-refractivity contribution in [3.63, 3.8) is 0 Å². The van der Waals surface area contributed by atoms with Crippen LogP contribution in [0.15, 0.2) is 18.3 Å². The summed E-state index contributed by atoms with van der Waals surface area (Å²) >= 11 is 13.1. The number of nitrogens with one attached hydrogen (secondary N) is 1. The Morgan fingerprint density at radius 2 is 2.05 bits per heavy atom. The predicted molar refractivity (Wildman–Crippen MR) is 87.0 cm³/mol. The van der Waals surface area contributed by atoms with Gasteiger partial charge in [-0.05, 0) is 26.0 Å². The lowest BCUT2D eigenvalue weighted by Crippen LogP contribution is -2.21. The first kappa shape index (κ1) is 16.7. The molecule has 8 heteroatoms. The molecule has 0 bridgehead atoms. The van der Waals surface area contributed by atoms with Crippen molar-refractivity contribution in [2.75, 3.05) is 11.9 Å². The summed E-state index contributed by atoms with van der Waals surface area (Å²) in [6.45, 7) is 3.30. The highest BCUT2D eigenvalue weighted by Gasteiger charge is 2.15. The second-order valence-corrected chi connectivity index (χ2v) is 6.74. The summed E-state index contributed by atoms with van der Waals surface area (Å²) in [5, 5.41) is 3.01. The molecule has 0 saturated heterocycles. The third-order valence-corrected chi connectivity index (χ3v) is 4.12. The summed E-state index contributed by atoms with van der Waals surface area (Å²) < 4.78 is 4.98. The lowest BCUT2D eigenvalue weighted by Gasteiger charge is -2.07. The zero-order valence-electron chi connectivity index (χ0n) is 11.8. The van der Waals surface area contributed by atoms with Crippen LogP contribution in [0.1, 0.15) is 20.1 Å². The number of amides is 1. The molecule has 116 valence electrons. The van der Waals surface area contributed by atoms with E-state index in [1.807, 2.05) is 13.8 Å². The molecule has 2 rings (SSSR count). The number of hydrogen-bond donors (Lipinski definition) is 1. The van der Waals surface area contributed by atoms with E-state index in [9.17, 15) is 9.59 Å². The third-order valence-electron chi connectivity index (χ3n) is 2.66. The van der Waals surface area contributed by atoms with E-state index >= 15 is 0 Å². The average Bonchev–Trinajstić information content (AvgIpc) is 2.78. The van der Waals surface area contributed by atoms with Crippen LogP contribution in [0.2, 0.25) is 10.0 Å². The van der Waals surface area contributed by atoms with Gasteiger partial charge in [0.25, 0.3) is 5.91 Å². The van der Waals surface area contributed by atoms with Crippen molar-refractivity contribution in [2.24, 2.45) is 0 Å². The van der Waals surface area contributed by atoms with Crippen LogP contribution in [-0.4, -0.2) is 23.5 Å². The Kier molecular flexibility index (Phi) is 5.39. The maximum absolute atomic E-state index is 11.9. The van der Waals surface area contributed by atoms with E-state index in [1.54, 1.807) is 6.07 Å². The van der Waals surface area contributed by atoms with Gasteiger partial charge in [0, 0.05) is 16.0 Å². The fourth-order valence-electron chi connectivity index (χ4n) is 1.72. The van der Waals surface area contributed by atoms with Gasteiger partial charge in [0.1, 0.15) is 0 Å². The minimum atomic E-state index is -0.535. The van der Waals surface area contributed by atoms with E-state index < -0.39 is 18.5 Å². The SMILES string of the molecule is Cc1cc(C(=O)OCC(=O)Nc2ncc(Cl)cc2Cl)c(C)s1. The molecular formula is C14H12Cl2N2O3S. The van der Waals surface area contributed by atoms with Crippen LogP contribution in [-0.2, 0) is 9.53 Å². The average molecular weight is 359 g/mol. The molecule has 2 heterocycles. The van der Waals surface area contributed by atoms with Gasteiger partial charge in [0.2, 0.25) is 0 Å². The molecule has 2 aromatic heterocycles. The number of carbonyl (C=O) groups excluding carboxylic acids is 2. The molecule has 22 heavy (non-hydrogen) atoms. The number of esters is 1. The van der Waals surface area contributed by atoms with Crippen molar-refractivity contribution in [2.45, 2.75) is 13.8 Å². The van der Waals surface area contributed by atoms with Crippen LogP contribution < -0.4 is 5.32 Å². The molecule has 0 atom stereocenters. The predicted octanol–water partition coefficient (Wildman–Crippen LogP) is 3.86. The standard InChI is InChI=1S/C14H12Cl2N2O3S/c1-7-3-10(8(2)22-7)14(20)21-6-12(19)18-13-11(16)4-9(15)5-17-13/h3-5H,6H2,1-2H3,(H,17,18,19). The zero-order valence-corrected chi connectivity index (χ0v) is 14.1. The van der Waals surface area contributed by atoms with Crippen LogP contribution in [0, 0.1) is 13.8 Å². The number of aryl methyl sites for hydroxylation is 2. The van der Waals surface area contributed by atoms with Gasteiger partial charge in [-0.25, -0.2) is 9.78 Å². The molecule has 0 aromatic carbocycles. The van der Waals surface area contributed by atoms with Gasteiger partial charge in [0.15, 0.2) is 12.4 Å². The maximum atomic E-state index is 11.9. The quantitative estimate of drug-likeness (QED) is 0.842. The van der Waals surface area contributed by atoms with Crippen LogP contribution in [0.5, 0.6) is 0 Å². The van der Waals surface area contributed by atoms with Gasteiger partial charge in [-0.3, -0.25) is 4.79 Å². The van der Waals surface area contributed by atoms with E-state index in [0.29, 0.717) is 10.6 Å². The van der Waals surface area contributed by atoms with E-state index in [1.165, 1.54) is 23.6 Å². The molecular weight excluding hydrogens is 347 g/mol. The highest BCUT2D eigenvalue weighted by Crippen LogP contribution is 2.23.